The number of H-pyrrole nitrogens is 1. The van der Waals surface area contributed by atoms with Gasteiger partial charge in [0.25, 0.3) is 0 Å². The van der Waals surface area contributed by atoms with Gasteiger partial charge in [0.05, 0.1) is 5.69 Å². The zero-order valence-corrected chi connectivity index (χ0v) is 15.4. The molecule has 1 aliphatic carbocycles. The monoisotopic (exact) mass is 350 g/mol. The zero-order valence-electron chi connectivity index (χ0n) is 15.4. The first-order valence-electron chi connectivity index (χ1n) is 9.73. The number of carbonyl (C=O) groups excluding carboxylic acids is 1. The van der Waals surface area contributed by atoms with Gasteiger partial charge in [0.15, 0.2) is 0 Å². The molecule has 136 valence electrons. The van der Waals surface area contributed by atoms with E-state index < -0.39 is 0 Å². The second-order valence-electron chi connectivity index (χ2n) is 7.84. The highest BCUT2D eigenvalue weighted by Gasteiger charge is 2.43. The van der Waals surface area contributed by atoms with Crippen LogP contribution in [0.25, 0.3) is 11.3 Å². The van der Waals surface area contributed by atoms with Crippen molar-refractivity contribution in [3.63, 3.8) is 0 Å². The van der Waals surface area contributed by atoms with Crippen LogP contribution in [0.5, 0.6) is 0 Å². The van der Waals surface area contributed by atoms with Crippen LogP contribution >= 0.6 is 0 Å². The van der Waals surface area contributed by atoms with E-state index in [0.717, 1.165) is 35.5 Å². The molecule has 1 aromatic heterocycles. The van der Waals surface area contributed by atoms with E-state index in [1.807, 2.05) is 35.2 Å². The van der Waals surface area contributed by atoms with Crippen molar-refractivity contribution >= 4 is 11.6 Å². The lowest BCUT2D eigenvalue weighted by molar-refractivity contribution is -0.118. The van der Waals surface area contributed by atoms with Gasteiger partial charge >= 0.3 is 0 Å². The summed E-state index contributed by atoms with van der Waals surface area (Å²) in [7, 11) is 0. The quantitative estimate of drug-likeness (QED) is 0.898. The molecule has 0 atom stereocenters. The summed E-state index contributed by atoms with van der Waals surface area (Å²) in [4.78, 5) is 29.3. The molecule has 1 aliphatic heterocycles. The summed E-state index contributed by atoms with van der Waals surface area (Å²) in [6.07, 6.45) is 7.72. The maximum absolute atomic E-state index is 12.6. The molecule has 1 N–H and O–H groups in total. The number of hydrogen-bond donors (Lipinski definition) is 1. The maximum Gasteiger partial charge on any atom is 0.248 e. The molecule has 1 amide bonds. The Morgan fingerprint density at radius 3 is 2.42 bits per heavy atom. The number of aromatic nitrogens is 1. The third-order valence-electron chi connectivity index (χ3n) is 6.09. The van der Waals surface area contributed by atoms with Crippen molar-refractivity contribution in [2.75, 3.05) is 11.4 Å². The van der Waals surface area contributed by atoms with Crippen molar-refractivity contribution in [2.45, 2.75) is 51.9 Å². The zero-order chi connectivity index (χ0) is 18.1. The first-order valence-corrected chi connectivity index (χ1v) is 9.73. The summed E-state index contributed by atoms with van der Waals surface area (Å²) < 4.78 is 0. The number of nitrogens with one attached hydrogen (secondary N) is 1. The van der Waals surface area contributed by atoms with E-state index in [2.05, 4.69) is 11.9 Å². The van der Waals surface area contributed by atoms with Crippen LogP contribution in [0.2, 0.25) is 0 Å². The Bertz CT molecular complexity index is 860. The first kappa shape index (κ1) is 17.1. The molecule has 4 rings (SSSR count). The number of amides is 1. The summed E-state index contributed by atoms with van der Waals surface area (Å²) in [5.41, 5.74) is 4.07. The molecule has 4 heteroatoms. The number of hydrogen-bond acceptors (Lipinski definition) is 2. The maximum atomic E-state index is 12.6. The van der Waals surface area contributed by atoms with Gasteiger partial charge in [-0.2, -0.15) is 0 Å². The number of rotatable bonds is 3. The van der Waals surface area contributed by atoms with E-state index in [4.69, 9.17) is 0 Å². The highest BCUT2D eigenvalue weighted by atomic mass is 16.2. The normalized spacial score (nSPS) is 19.3. The van der Waals surface area contributed by atoms with Crippen LogP contribution in [-0.2, 0) is 11.2 Å². The second kappa shape index (κ2) is 6.75. The molecule has 0 radical (unpaired) electrons. The molecule has 1 spiro atoms. The number of benzene rings is 1. The van der Waals surface area contributed by atoms with Crippen LogP contribution in [0, 0.1) is 5.41 Å². The minimum atomic E-state index is -0.0877. The van der Waals surface area contributed by atoms with Crippen LogP contribution < -0.4 is 10.5 Å². The van der Waals surface area contributed by atoms with Crippen molar-refractivity contribution in [1.82, 2.24) is 4.98 Å². The molecule has 1 aromatic carbocycles. The number of aryl methyl sites for hydroxylation is 1. The minimum Gasteiger partial charge on any atom is -0.322 e. The molecule has 2 fully saturated rings. The molecule has 26 heavy (non-hydrogen) atoms. The lowest BCUT2D eigenvalue weighted by Crippen LogP contribution is -2.29. The van der Waals surface area contributed by atoms with Crippen molar-refractivity contribution in [1.29, 1.82) is 0 Å². The topological polar surface area (TPSA) is 53.2 Å². The van der Waals surface area contributed by atoms with E-state index in [1.54, 1.807) is 6.07 Å². The van der Waals surface area contributed by atoms with Gasteiger partial charge in [-0.3, -0.25) is 9.59 Å². The van der Waals surface area contributed by atoms with Crippen molar-refractivity contribution in [2.24, 2.45) is 5.41 Å². The first-order chi connectivity index (χ1) is 12.6. The fraction of sp³-hybridized carbons (Fsp3) is 0.455. The number of pyridine rings is 1. The molecule has 1 saturated carbocycles. The molecule has 2 aromatic rings. The van der Waals surface area contributed by atoms with E-state index >= 15 is 0 Å². The Labute approximate surface area is 154 Å². The lowest BCUT2D eigenvalue weighted by Gasteiger charge is -2.32. The molecular formula is C22H26N2O2. The number of aromatic amines is 1. The smallest absolute Gasteiger partial charge is 0.248 e. The van der Waals surface area contributed by atoms with Gasteiger partial charge in [-0.1, -0.05) is 44.4 Å². The average molecular weight is 350 g/mol. The van der Waals surface area contributed by atoms with Gasteiger partial charge in [0.1, 0.15) is 0 Å². The molecule has 1 saturated heterocycles. The number of anilines is 1. The van der Waals surface area contributed by atoms with Crippen LogP contribution in [-0.4, -0.2) is 17.4 Å². The standard InChI is InChI=1S/C22H26N2O2/c1-2-16-8-11-19(25)23-21(16)17-6-9-18(10-7-17)24-15-22(14-20(24)26)12-4-3-5-13-22/h6-11H,2-5,12-15H2,1H3,(H,23,25). The molecule has 0 unspecified atom stereocenters. The lowest BCUT2D eigenvalue weighted by atomic mass is 9.73. The Morgan fingerprint density at radius 1 is 1.00 bits per heavy atom. The van der Waals surface area contributed by atoms with E-state index in [9.17, 15) is 9.59 Å². The summed E-state index contributed by atoms with van der Waals surface area (Å²) in [6.45, 7) is 2.94. The minimum absolute atomic E-state index is 0.0877. The average Bonchev–Trinajstić information content (AvgIpc) is 2.98. The molecule has 2 aliphatic rings. The predicted molar refractivity (Wildman–Crippen MR) is 104 cm³/mol. The highest BCUT2D eigenvalue weighted by Crippen LogP contribution is 2.45. The predicted octanol–water partition coefficient (Wildman–Crippen LogP) is 4.29. The summed E-state index contributed by atoms with van der Waals surface area (Å²) in [5, 5.41) is 0. The van der Waals surface area contributed by atoms with Gasteiger partial charge in [-0.15, -0.1) is 0 Å². The molecule has 4 nitrogen and oxygen atoms in total. The third-order valence-corrected chi connectivity index (χ3v) is 6.09. The Kier molecular flexibility index (Phi) is 4.43. The van der Waals surface area contributed by atoms with Crippen LogP contribution in [0.3, 0.4) is 0 Å². The van der Waals surface area contributed by atoms with Crippen molar-refractivity contribution in [3.05, 3.63) is 52.3 Å². The van der Waals surface area contributed by atoms with Gasteiger partial charge in [0.2, 0.25) is 11.5 Å². The molecule has 2 heterocycles. The number of carbonyl (C=O) groups is 1. The van der Waals surface area contributed by atoms with Gasteiger partial charge in [-0.25, -0.2) is 0 Å². The Hall–Kier alpha value is -2.36. The van der Waals surface area contributed by atoms with Gasteiger partial charge in [-0.05, 0) is 47.9 Å². The molecule has 0 bridgehead atoms. The fourth-order valence-electron chi connectivity index (χ4n) is 4.63. The molecular weight excluding hydrogens is 324 g/mol. The fourth-order valence-corrected chi connectivity index (χ4v) is 4.63. The third kappa shape index (κ3) is 3.09. The van der Waals surface area contributed by atoms with Crippen molar-refractivity contribution < 1.29 is 4.79 Å². The van der Waals surface area contributed by atoms with E-state index in [-0.39, 0.29) is 16.9 Å². The summed E-state index contributed by atoms with van der Waals surface area (Å²) in [5.74, 6) is 0.252. The van der Waals surface area contributed by atoms with Crippen molar-refractivity contribution in [3.8, 4) is 11.3 Å². The largest absolute Gasteiger partial charge is 0.322 e. The van der Waals surface area contributed by atoms with E-state index in [0.29, 0.717) is 6.42 Å². The van der Waals surface area contributed by atoms with E-state index in [1.165, 1.54) is 32.1 Å². The Balaban J connectivity index is 1.60. The summed E-state index contributed by atoms with van der Waals surface area (Å²) in [6, 6.07) is 11.5. The highest BCUT2D eigenvalue weighted by molar-refractivity contribution is 5.96. The van der Waals surface area contributed by atoms with Crippen LogP contribution in [0.1, 0.15) is 51.0 Å². The second-order valence-corrected chi connectivity index (χ2v) is 7.84. The van der Waals surface area contributed by atoms with Crippen LogP contribution in [0.15, 0.2) is 41.2 Å². The summed E-state index contributed by atoms with van der Waals surface area (Å²) >= 11 is 0. The SMILES string of the molecule is CCc1ccc(=O)[nH]c1-c1ccc(N2CC3(CCCCC3)CC2=O)cc1. The van der Waals surface area contributed by atoms with Crippen LogP contribution in [0.4, 0.5) is 5.69 Å². The number of nitrogens with zero attached hydrogens (tertiary/aromatic N) is 1. The van der Waals surface area contributed by atoms with Gasteiger partial charge in [0, 0.05) is 24.7 Å². The Morgan fingerprint density at radius 2 is 1.73 bits per heavy atom. The van der Waals surface area contributed by atoms with Gasteiger partial charge < -0.3 is 9.88 Å².